The molecule has 0 aliphatic heterocycles. The van der Waals surface area contributed by atoms with Crippen molar-refractivity contribution in [2.24, 2.45) is 0 Å². The summed E-state index contributed by atoms with van der Waals surface area (Å²) in [7, 11) is 0. The van der Waals surface area contributed by atoms with Gasteiger partial charge in [0.05, 0.1) is 0 Å². The molecule has 56 valence electrons. The van der Waals surface area contributed by atoms with Crippen molar-refractivity contribution in [1.29, 1.82) is 0 Å². The van der Waals surface area contributed by atoms with E-state index in [2.05, 4.69) is 65.1 Å². The van der Waals surface area contributed by atoms with Crippen LogP contribution in [0, 0.1) is 71.5 Å². The first kappa shape index (κ1) is 10.4. The minimum atomic E-state index is 1.71. The molecule has 0 rings (SSSR count). The Labute approximate surface area is 79.1 Å². The second-order valence-electron chi connectivity index (χ2n) is 1.52. The van der Waals surface area contributed by atoms with Gasteiger partial charge < -0.3 is 0 Å². The average Bonchev–Trinajstić information content (AvgIpc) is 2.16. The maximum atomic E-state index is 4.86. The molecule has 0 bridgehead atoms. The monoisotopic (exact) mass is 160 g/mol. The minimum Gasteiger partial charge on any atom is -0.106 e. The third-order valence-corrected chi connectivity index (χ3v) is 0.697. The van der Waals surface area contributed by atoms with Gasteiger partial charge in [0.1, 0.15) is 0 Å². The van der Waals surface area contributed by atoms with Crippen LogP contribution in [0.4, 0.5) is 0 Å². The molecule has 0 unspecified atom stereocenters. The van der Waals surface area contributed by atoms with Crippen molar-refractivity contribution in [2.45, 2.75) is 6.92 Å². The van der Waals surface area contributed by atoms with Crippen molar-refractivity contribution < 1.29 is 0 Å². The Balaban J connectivity index is 4.14. The van der Waals surface area contributed by atoms with Crippen LogP contribution in [0.2, 0.25) is 0 Å². The average molecular weight is 160 g/mol. The van der Waals surface area contributed by atoms with Crippen LogP contribution in [0.25, 0.3) is 0 Å². The van der Waals surface area contributed by atoms with E-state index in [1.165, 1.54) is 0 Å². The van der Waals surface area contributed by atoms with Crippen molar-refractivity contribution in [3.63, 3.8) is 0 Å². The molecular weight excluding hydrogens is 156 g/mol. The number of hydrogen-bond acceptors (Lipinski definition) is 0. The van der Waals surface area contributed by atoms with Gasteiger partial charge in [0.25, 0.3) is 0 Å². The number of terminal acetylenes is 1. The van der Waals surface area contributed by atoms with Crippen molar-refractivity contribution >= 4 is 0 Å². The molecule has 0 radical (unpaired) electrons. The summed E-state index contributed by atoms with van der Waals surface area (Å²) in [5, 5.41) is 0. The van der Waals surface area contributed by atoms with Gasteiger partial charge in [-0.3, -0.25) is 0 Å². The van der Waals surface area contributed by atoms with Crippen molar-refractivity contribution in [1.82, 2.24) is 0 Å². The van der Waals surface area contributed by atoms with E-state index in [1.807, 2.05) is 0 Å². The van der Waals surface area contributed by atoms with Gasteiger partial charge in [-0.2, -0.15) is 0 Å². The zero-order valence-electron chi connectivity index (χ0n) is 7.08. The fourth-order valence-corrected chi connectivity index (χ4v) is 0.317. The van der Waals surface area contributed by atoms with E-state index < -0.39 is 0 Å². The van der Waals surface area contributed by atoms with Crippen LogP contribution in [-0.2, 0) is 0 Å². The topological polar surface area (TPSA) is 0 Å². The zero-order valence-corrected chi connectivity index (χ0v) is 7.08. The summed E-state index contributed by atoms with van der Waals surface area (Å²) in [5.41, 5.74) is 0. The molecule has 0 heteroatoms. The third kappa shape index (κ3) is 9.36. The summed E-state index contributed by atoms with van der Waals surface area (Å²) in [6.45, 7) is 1.71. The predicted octanol–water partition coefficient (Wildman–Crippen LogP) is 0.656. The fourth-order valence-electron chi connectivity index (χ4n) is 0.317. The third-order valence-electron chi connectivity index (χ3n) is 0.697. The first-order valence-electron chi connectivity index (χ1n) is 3.29. The largest absolute Gasteiger partial charge is 0.106 e. The van der Waals surface area contributed by atoms with Crippen LogP contribution in [0.3, 0.4) is 0 Å². The highest BCUT2D eigenvalue weighted by molar-refractivity contribution is 5.43. The van der Waals surface area contributed by atoms with E-state index in [-0.39, 0.29) is 0 Å². The highest BCUT2D eigenvalue weighted by atomic mass is 13.6. The summed E-state index contributed by atoms with van der Waals surface area (Å²) in [6.07, 6.45) is 4.86. The van der Waals surface area contributed by atoms with E-state index in [0.29, 0.717) is 0 Å². The van der Waals surface area contributed by atoms with Crippen LogP contribution in [0.15, 0.2) is 0 Å². The Morgan fingerprint density at radius 1 is 0.615 bits per heavy atom. The Morgan fingerprint density at radius 2 is 1.00 bits per heavy atom. The Morgan fingerprint density at radius 3 is 1.38 bits per heavy atom. The molecule has 13 heavy (non-hydrogen) atoms. The van der Waals surface area contributed by atoms with Gasteiger partial charge in [0.2, 0.25) is 0 Å². The molecular formula is C13H4. The van der Waals surface area contributed by atoms with Gasteiger partial charge >= 0.3 is 0 Å². The second kappa shape index (κ2) is 9.36. The molecule has 0 amide bonds. The SMILES string of the molecule is C#CC#CC#CC#CC#CC#CC. The Bertz CT molecular complexity index is 498. The molecule has 0 aromatic carbocycles. The van der Waals surface area contributed by atoms with Crippen LogP contribution < -0.4 is 0 Å². The summed E-state index contributed by atoms with van der Waals surface area (Å²) in [6, 6.07) is 0. The molecule has 0 heterocycles. The van der Waals surface area contributed by atoms with E-state index in [4.69, 9.17) is 6.42 Å². The molecule has 0 aromatic heterocycles. The second-order valence-corrected chi connectivity index (χ2v) is 1.52. The zero-order chi connectivity index (χ0) is 9.78. The highest BCUT2D eigenvalue weighted by Crippen LogP contribution is 1.55. The van der Waals surface area contributed by atoms with Gasteiger partial charge in [-0.1, -0.05) is 5.92 Å². The molecule has 0 fully saturated rings. The Hall–Kier alpha value is -2.64. The maximum absolute atomic E-state index is 4.86. The standard InChI is InChI=1S/C13H4/c1-3-5-7-9-11-13-12-10-8-6-4-2/h1H,2H3. The van der Waals surface area contributed by atoms with E-state index >= 15 is 0 Å². The first-order chi connectivity index (χ1) is 6.41. The summed E-state index contributed by atoms with van der Waals surface area (Å²) in [5.74, 6) is 26.9. The summed E-state index contributed by atoms with van der Waals surface area (Å²) in [4.78, 5) is 0. The summed E-state index contributed by atoms with van der Waals surface area (Å²) >= 11 is 0. The smallest absolute Gasteiger partial charge is 0.00000000397 e. The van der Waals surface area contributed by atoms with Crippen LogP contribution in [-0.4, -0.2) is 0 Å². The van der Waals surface area contributed by atoms with Gasteiger partial charge in [-0.05, 0) is 66.1 Å². The highest BCUT2D eigenvalue weighted by Gasteiger charge is 1.54. The fraction of sp³-hybridized carbons (Fsp3) is 0.0769. The van der Waals surface area contributed by atoms with E-state index in [1.54, 1.807) is 6.92 Å². The van der Waals surface area contributed by atoms with Crippen LogP contribution in [0.1, 0.15) is 6.92 Å². The quantitative estimate of drug-likeness (QED) is 0.456. The lowest BCUT2D eigenvalue weighted by molar-refractivity contribution is 1.92. The first-order valence-corrected chi connectivity index (χ1v) is 3.29. The lowest BCUT2D eigenvalue weighted by Crippen LogP contribution is -1.54. The minimum absolute atomic E-state index is 1.71. The van der Waals surface area contributed by atoms with Crippen molar-refractivity contribution in [2.75, 3.05) is 0 Å². The molecule has 0 saturated heterocycles. The normalized spacial score (nSPS) is 3.69. The van der Waals surface area contributed by atoms with Crippen LogP contribution in [0.5, 0.6) is 0 Å². The van der Waals surface area contributed by atoms with E-state index in [9.17, 15) is 0 Å². The molecule has 0 N–H and O–H groups in total. The molecule has 0 spiro atoms. The molecule has 0 atom stereocenters. The molecule has 0 aliphatic carbocycles. The molecule has 0 aliphatic rings. The predicted molar refractivity (Wildman–Crippen MR) is 53.4 cm³/mol. The summed E-state index contributed by atoms with van der Waals surface area (Å²) < 4.78 is 0. The van der Waals surface area contributed by atoms with Crippen LogP contribution >= 0.6 is 0 Å². The number of rotatable bonds is 0. The lowest BCUT2D eigenvalue weighted by atomic mass is 10.5. The van der Waals surface area contributed by atoms with Crippen molar-refractivity contribution in [3.8, 4) is 71.5 Å². The Kier molecular flexibility index (Phi) is 7.46. The van der Waals surface area contributed by atoms with Crippen molar-refractivity contribution in [3.05, 3.63) is 0 Å². The molecule has 0 aromatic rings. The van der Waals surface area contributed by atoms with Gasteiger partial charge in [0.15, 0.2) is 0 Å². The van der Waals surface area contributed by atoms with E-state index in [0.717, 1.165) is 0 Å². The van der Waals surface area contributed by atoms with Gasteiger partial charge in [-0.15, -0.1) is 6.42 Å². The molecule has 0 nitrogen and oxygen atoms in total. The molecule has 0 saturated carbocycles. The number of hydrogen-bond donors (Lipinski definition) is 0. The van der Waals surface area contributed by atoms with Gasteiger partial charge in [0, 0.05) is 0 Å². The maximum Gasteiger partial charge on any atom is -0.00000000397 e. The lowest BCUT2D eigenvalue weighted by Gasteiger charge is -1.54. The van der Waals surface area contributed by atoms with Gasteiger partial charge in [-0.25, -0.2) is 0 Å².